The zero-order valence-corrected chi connectivity index (χ0v) is 20.2. The molecule has 0 saturated heterocycles. The predicted molar refractivity (Wildman–Crippen MR) is 136 cm³/mol. The van der Waals surface area contributed by atoms with Crippen LogP contribution in [-0.2, 0) is 14.8 Å². The standard InChI is InChI=1S/C26H25N5O3S/c1-20-17-22(21(2)31(20)23-11-5-3-6-12-23)18-28-29-26(32)19-30(25-15-9-10-16-27-25)35(33,34)24-13-7-4-8-14-24/h3-18H,19H2,1-2H3,(H,29,32)/b28-18-. The Bertz CT molecular complexity index is 1430. The lowest BCUT2D eigenvalue weighted by Gasteiger charge is -2.22. The predicted octanol–water partition coefficient (Wildman–Crippen LogP) is 3.83. The average molecular weight is 488 g/mol. The van der Waals surface area contributed by atoms with E-state index < -0.39 is 22.5 Å². The molecule has 2 aromatic heterocycles. The van der Waals surface area contributed by atoms with Crippen molar-refractivity contribution in [3.05, 3.63) is 108 Å². The lowest BCUT2D eigenvalue weighted by atomic mass is 10.2. The Balaban J connectivity index is 1.52. The summed E-state index contributed by atoms with van der Waals surface area (Å²) in [5, 5.41) is 4.07. The molecule has 0 spiro atoms. The summed E-state index contributed by atoms with van der Waals surface area (Å²) >= 11 is 0. The molecule has 4 rings (SSSR count). The Labute approximate surface area is 204 Å². The van der Waals surface area contributed by atoms with Gasteiger partial charge >= 0.3 is 0 Å². The minimum Gasteiger partial charge on any atom is -0.318 e. The van der Waals surface area contributed by atoms with Gasteiger partial charge in [0.1, 0.15) is 12.4 Å². The van der Waals surface area contributed by atoms with Gasteiger partial charge in [0, 0.05) is 28.8 Å². The van der Waals surface area contributed by atoms with Crippen LogP contribution < -0.4 is 9.73 Å². The van der Waals surface area contributed by atoms with Crippen molar-refractivity contribution < 1.29 is 13.2 Å². The second kappa shape index (κ2) is 10.4. The van der Waals surface area contributed by atoms with Gasteiger partial charge in [-0.15, -0.1) is 0 Å². The monoisotopic (exact) mass is 487 g/mol. The highest BCUT2D eigenvalue weighted by Gasteiger charge is 2.27. The van der Waals surface area contributed by atoms with Gasteiger partial charge in [0.2, 0.25) is 0 Å². The number of nitrogens with zero attached hydrogens (tertiary/aromatic N) is 4. The number of pyridine rings is 1. The van der Waals surface area contributed by atoms with Crippen molar-refractivity contribution in [1.29, 1.82) is 0 Å². The Morgan fingerprint density at radius 3 is 2.31 bits per heavy atom. The molecule has 0 saturated carbocycles. The minimum absolute atomic E-state index is 0.0651. The summed E-state index contributed by atoms with van der Waals surface area (Å²) < 4.78 is 29.6. The van der Waals surface area contributed by atoms with E-state index in [1.807, 2.05) is 50.2 Å². The fraction of sp³-hybridized carbons (Fsp3) is 0.115. The van der Waals surface area contributed by atoms with Crippen molar-refractivity contribution >= 4 is 28.0 Å². The minimum atomic E-state index is -4.01. The lowest BCUT2D eigenvalue weighted by Crippen LogP contribution is -2.40. The topological polar surface area (TPSA) is 96.7 Å². The number of anilines is 1. The molecule has 1 amide bonds. The molecule has 0 radical (unpaired) electrons. The van der Waals surface area contributed by atoms with Gasteiger partial charge in [-0.05, 0) is 56.3 Å². The molecule has 35 heavy (non-hydrogen) atoms. The summed E-state index contributed by atoms with van der Waals surface area (Å²) in [6.07, 6.45) is 3.03. The van der Waals surface area contributed by atoms with Crippen LogP contribution in [0.25, 0.3) is 5.69 Å². The third kappa shape index (κ3) is 5.30. The van der Waals surface area contributed by atoms with Crippen molar-refractivity contribution in [2.75, 3.05) is 10.8 Å². The Hall–Kier alpha value is -4.24. The van der Waals surface area contributed by atoms with E-state index >= 15 is 0 Å². The zero-order valence-electron chi connectivity index (χ0n) is 19.4. The van der Waals surface area contributed by atoms with Crippen molar-refractivity contribution in [2.45, 2.75) is 18.7 Å². The molecule has 0 aliphatic carbocycles. The molecule has 8 nitrogen and oxygen atoms in total. The normalized spacial score (nSPS) is 11.5. The number of amides is 1. The number of hydrogen-bond acceptors (Lipinski definition) is 5. The van der Waals surface area contributed by atoms with Gasteiger partial charge in [-0.1, -0.05) is 42.5 Å². The van der Waals surface area contributed by atoms with E-state index in [4.69, 9.17) is 0 Å². The molecule has 0 fully saturated rings. The van der Waals surface area contributed by atoms with E-state index in [1.54, 1.807) is 36.5 Å². The largest absolute Gasteiger partial charge is 0.318 e. The summed E-state index contributed by atoms with van der Waals surface area (Å²) in [5.74, 6) is -0.454. The Kier molecular flexibility index (Phi) is 7.07. The third-order valence-electron chi connectivity index (χ3n) is 5.40. The van der Waals surface area contributed by atoms with Gasteiger partial charge < -0.3 is 4.57 Å². The van der Waals surface area contributed by atoms with E-state index in [0.29, 0.717) is 0 Å². The number of para-hydroxylation sites is 1. The van der Waals surface area contributed by atoms with E-state index in [-0.39, 0.29) is 10.7 Å². The first-order chi connectivity index (χ1) is 16.9. The number of benzene rings is 2. The van der Waals surface area contributed by atoms with E-state index in [0.717, 1.165) is 26.9 Å². The lowest BCUT2D eigenvalue weighted by molar-refractivity contribution is -0.119. The fourth-order valence-corrected chi connectivity index (χ4v) is 5.14. The SMILES string of the molecule is Cc1cc(/C=N\NC(=O)CN(c2ccccn2)S(=O)(=O)c2ccccc2)c(C)n1-c1ccccc1. The maximum absolute atomic E-state index is 13.2. The van der Waals surface area contributed by atoms with Crippen LogP contribution in [0.5, 0.6) is 0 Å². The van der Waals surface area contributed by atoms with E-state index in [2.05, 4.69) is 20.1 Å². The molecule has 178 valence electrons. The quantitative estimate of drug-likeness (QED) is 0.302. The molecule has 0 aliphatic heterocycles. The van der Waals surface area contributed by atoms with Crippen molar-refractivity contribution in [3.63, 3.8) is 0 Å². The van der Waals surface area contributed by atoms with Crippen LogP contribution in [0.1, 0.15) is 17.0 Å². The van der Waals surface area contributed by atoms with Crippen LogP contribution >= 0.6 is 0 Å². The van der Waals surface area contributed by atoms with Crippen LogP contribution in [0.4, 0.5) is 5.82 Å². The maximum atomic E-state index is 13.2. The summed E-state index contributed by atoms with van der Waals surface area (Å²) in [6.45, 7) is 3.49. The first-order valence-corrected chi connectivity index (χ1v) is 12.4. The van der Waals surface area contributed by atoms with Crippen molar-refractivity contribution in [2.24, 2.45) is 5.10 Å². The first-order valence-electron chi connectivity index (χ1n) is 10.9. The summed E-state index contributed by atoms with van der Waals surface area (Å²) in [5.41, 5.74) is 6.30. The Morgan fingerprint density at radius 1 is 1.00 bits per heavy atom. The molecule has 0 aliphatic rings. The molecule has 2 aromatic carbocycles. The highest BCUT2D eigenvalue weighted by atomic mass is 32.2. The third-order valence-corrected chi connectivity index (χ3v) is 7.17. The van der Waals surface area contributed by atoms with Gasteiger partial charge in [0.05, 0.1) is 11.1 Å². The number of carbonyl (C=O) groups excluding carboxylic acids is 1. The summed E-state index contributed by atoms with van der Waals surface area (Å²) in [6, 6.07) is 24.7. The molecule has 0 bridgehead atoms. The highest BCUT2D eigenvalue weighted by molar-refractivity contribution is 7.92. The number of aryl methyl sites for hydroxylation is 1. The molecule has 9 heteroatoms. The van der Waals surface area contributed by atoms with Crippen LogP contribution in [0, 0.1) is 13.8 Å². The molecule has 2 heterocycles. The van der Waals surface area contributed by atoms with Crippen LogP contribution in [0.3, 0.4) is 0 Å². The summed E-state index contributed by atoms with van der Waals surface area (Å²) in [7, 11) is -4.01. The van der Waals surface area contributed by atoms with Crippen LogP contribution in [0.2, 0.25) is 0 Å². The fourth-order valence-electron chi connectivity index (χ4n) is 3.74. The Morgan fingerprint density at radius 2 is 1.66 bits per heavy atom. The van der Waals surface area contributed by atoms with E-state index in [1.165, 1.54) is 24.4 Å². The molecule has 4 aromatic rings. The zero-order chi connectivity index (χ0) is 24.8. The van der Waals surface area contributed by atoms with Crippen LogP contribution in [-0.4, -0.2) is 36.6 Å². The first kappa shape index (κ1) is 23.9. The number of rotatable bonds is 8. The average Bonchev–Trinajstić information content (AvgIpc) is 3.16. The number of carbonyl (C=O) groups is 1. The number of sulfonamides is 1. The van der Waals surface area contributed by atoms with Crippen molar-refractivity contribution in [3.8, 4) is 5.69 Å². The number of hydrazone groups is 1. The van der Waals surface area contributed by atoms with Gasteiger partial charge in [0.25, 0.3) is 15.9 Å². The molecular formula is C26H25N5O3S. The second-order valence-electron chi connectivity index (χ2n) is 7.80. The van der Waals surface area contributed by atoms with Gasteiger partial charge in [-0.2, -0.15) is 5.10 Å². The van der Waals surface area contributed by atoms with Gasteiger partial charge in [-0.25, -0.2) is 23.1 Å². The number of hydrogen-bond donors (Lipinski definition) is 1. The second-order valence-corrected chi connectivity index (χ2v) is 9.67. The maximum Gasteiger partial charge on any atom is 0.265 e. The molecular weight excluding hydrogens is 462 g/mol. The van der Waals surface area contributed by atoms with Crippen molar-refractivity contribution in [1.82, 2.24) is 15.0 Å². The van der Waals surface area contributed by atoms with Crippen LogP contribution in [0.15, 0.2) is 101 Å². The van der Waals surface area contributed by atoms with Gasteiger partial charge in [0.15, 0.2) is 0 Å². The molecule has 1 N–H and O–H groups in total. The molecule has 0 atom stereocenters. The number of nitrogens with one attached hydrogen (secondary N) is 1. The highest BCUT2D eigenvalue weighted by Crippen LogP contribution is 2.21. The van der Waals surface area contributed by atoms with Gasteiger partial charge in [-0.3, -0.25) is 4.79 Å². The number of aromatic nitrogens is 2. The van der Waals surface area contributed by atoms with E-state index in [9.17, 15) is 13.2 Å². The summed E-state index contributed by atoms with van der Waals surface area (Å²) in [4.78, 5) is 16.9. The smallest absolute Gasteiger partial charge is 0.265 e. The molecule has 0 unspecified atom stereocenters.